The molecule has 0 aromatic rings. The highest BCUT2D eigenvalue weighted by Crippen LogP contribution is 2.26. The van der Waals surface area contributed by atoms with E-state index in [-0.39, 0.29) is 19.1 Å². The van der Waals surface area contributed by atoms with Gasteiger partial charge in [-0.3, -0.25) is 10.1 Å². The summed E-state index contributed by atoms with van der Waals surface area (Å²) in [4.78, 5) is 10.5. The molecule has 1 aliphatic rings. The van der Waals surface area contributed by atoms with E-state index in [9.17, 15) is 9.90 Å². The fourth-order valence-electron chi connectivity index (χ4n) is 1.92. The van der Waals surface area contributed by atoms with E-state index in [1.54, 1.807) is 6.92 Å². The Bertz CT molecular complexity index is 259. The molecule has 5 atom stereocenters. The van der Waals surface area contributed by atoms with Gasteiger partial charge >= 0.3 is 5.97 Å². The molecule has 0 radical (unpaired) electrons. The largest absolute Gasteiger partial charge is 0.480 e. The van der Waals surface area contributed by atoms with Gasteiger partial charge < -0.3 is 24.8 Å². The molecule has 0 aromatic carbocycles. The Hall–Kier alpha value is -0.730. The third-order valence-electron chi connectivity index (χ3n) is 3.00. The second-order valence-electron chi connectivity index (χ2n) is 4.11. The predicted molar refractivity (Wildman–Crippen MR) is 57.4 cm³/mol. The number of hydrogen-bond acceptors (Lipinski definition) is 6. The highest BCUT2D eigenvalue weighted by molar-refractivity contribution is 5.69. The summed E-state index contributed by atoms with van der Waals surface area (Å²) in [6.07, 6.45) is -2.14. The molecule has 0 bridgehead atoms. The molecule has 7 nitrogen and oxygen atoms in total. The van der Waals surface area contributed by atoms with Crippen LogP contribution in [0, 0.1) is 5.92 Å². The van der Waals surface area contributed by atoms with Gasteiger partial charge in [-0.05, 0) is 0 Å². The second-order valence-corrected chi connectivity index (χ2v) is 4.11. The van der Waals surface area contributed by atoms with Gasteiger partial charge in [0.1, 0.15) is 0 Å². The van der Waals surface area contributed by atoms with Crippen LogP contribution in [0.3, 0.4) is 0 Å². The maximum Gasteiger partial charge on any atom is 0.317 e. The van der Waals surface area contributed by atoms with Gasteiger partial charge in [-0.1, -0.05) is 6.92 Å². The molecule has 1 aliphatic heterocycles. The van der Waals surface area contributed by atoms with Crippen molar-refractivity contribution in [3.8, 4) is 0 Å². The molecule has 0 saturated carbocycles. The van der Waals surface area contributed by atoms with Crippen LogP contribution in [0.2, 0.25) is 0 Å². The van der Waals surface area contributed by atoms with Gasteiger partial charge in [0.05, 0.1) is 31.4 Å². The maximum absolute atomic E-state index is 10.5. The molecule has 1 fully saturated rings. The standard InChI is InChI=1S/C10H19NO6/c1-5-6(4-12)17-10(16-2)8(9(5)15)11-3-7(13)14/h5-6,8-12,15H,3-4H2,1-2H3,(H,13,14)/t5-,6?,8+,9?,10-/m1/s1. The summed E-state index contributed by atoms with van der Waals surface area (Å²) in [6.45, 7) is 1.22. The molecule has 0 aliphatic carbocycles. The zero-order chi connectivity index (χ0) is 13.0. The summed E-state index contributed by atoms with van der Waals surface area (Å²) in [6, 6.07) is -0.631. The van der Waals surface area contributed by atoms with E-state index >= 15 is 0 Å². The lowest BCUT2D eigenvalue weighted by Gasteiger charge is -2.42. The first-order valence-corrected chi connectivity index (χ1v) is 5.43. The lowest BCUT2D eigenvalue weighted by atomic mass is 9.89. The van der Waals surface area contributed by atoms with Gasteiger partial charge in [0.25, 0.3) is 0 Å². The van der Waals surface area contributed by atoms with Crippen LogP contribution in [-0.2, 0) is 14.3 Å². The Kier molecular flexibility index (Phi) is 5.29. The van der Waals surface area contributed by atoms with Crippen LogP contribution in [0.4, 0.5) is 0 Å². The molecular formula is C10H19NO6. The fraction of sp³-hybridized carbons (Fsp3) is 0.900. The van der Waals surface area contributed by atoms with Crippen molar-refractivity contribution >= 4 is 5.97 Å². The minimum atomic E-state index is -1.02. The summed E-state index contributed by atoms with van der Waals surface area (Å²) in [5, 5.41) is 30.4. The molecule has 17 heavy (non-hydrogen) atoms. The van der Waals surface area contributed by atoms with Gasteiger partial charge in [-0.2, -0.15) is 0 Å². The van der Waals surface area contributed by atoms with Crippen LogP contribution >= 0.6 is 0 Å². The van der Waals surface area contributed by atoms with Crippen molar-refractivity contribution < 1.29 is 29.6 Å². The first-order valence-electron chi connectivity index (χ1n) is 5.43. The Morgan fingerprint density at radius 3 is 2.65 bits per heavy atom. The summed E-state index contributed by atoms with van der Waals surface area (Å²) in [7, 11) is 1.40. The normalized spacial score (nSPS) is 38.0. The van der Waals surface area contributed by atoms with E-state index < -0.39 is 30.5 Å². The minimum absolute atomic E-state index is 0.219. The second kappa shape index (κ2) is 6.27. The number of carboxylic acids is 1. The quantitative estimate of drug-likeness (QED) is 0.464. The topological polar surface area (TPSA) is 108 Å². The van der Waals surface area contributed by atoms with E-state index in [0.717, 1.165) is 0 Å². The monoisotopic (exact) mass is 249 g/mol. The van der Waals surface area contributed by atoms with Crippen molar-refractivity contribution in [2.45, 2.75) is 31.5 Å². The van der Waals surface area contributed by atoms with Crippen LogP contribution in [-0.4, -0.2) is 66.1 Å². The molecule has 0 spiro atoms. The molecule has 0 amide bonds. The van der Waals surface area contributed by atoms with E-state index in [0.29, 0.717) is 0 Å². The van der Waals surface area contributed by atoms with Crippen molar-refractivity contribution in [1.82, 2.24) is 5.32 Å². The minimum Gasteiger partial charge on any atom is -0.480 e. The van der Waals surface area contributed by atoms with Crippen molar-refractivity contribution in [2.75, 3.05) is 20.3 Å². The molecule has 4 N–H and O–H groups in total. The number of aliphatic hydroxyl groups excluding tert-OH is 2. The average molecular weight is 249 g/mol. The Labute approximate surface area is 99.3 Å². The van der Waals surface area contributed by atoms with Crippen LogP contribution in [0.1, 0.15) is 6.92 Å². The van der Waals surface area contributed by atoms with Gasteiger partial charge in [0, 0.05) is 13.0 Å². The molecule has 1 saturated heterocycles. The summed E-state index contributed by atoms with van der Waals surface area (Å²) in [5.41, 5.74) is 0. The first kappa shape index (κ1) is 14.3. The first-order chi connectivity index (χ1) is 8.01. The lowest BCUT2D eigenvalue weighted by Crippen LogP contribution is -2.61. The van der Waals surface area contributed by atoms with E-state index in [4.69, 9.17) is 19.7 Å². The number of ether oxygens (including phenoxy) is 2. The van der Waals surface area contributed by atoms with E-state index in [1.807, 2.05) is 0 Å². The van der Waals surface area contributed by atoms with Gasteiger partial charge in [0.2, 0.25) is 0 Å². The number of aliphatic carboxylic acids is 1. The summed E-state index contributed by atoms with van der Waals surface area (Å²) >= 11 is 0. The zero-order valence-electron chi connectivity index (χ0n) is 9.87. The lowest BCUT2D eigenvalue weighted by molar-refractivity contribution is -0.246. The number of carboxylic acid groups (broad SMARTS) is 1. The van der Waals surface area contributed by atoms with E-state index in [2.05, 4.69) is 5.32 Å². The molecule has 100 valence electrons. The Morgan fingerprint density at radius 1 is 1.53 bits per heavy atom. The zero-order valence-corrected chi connectivity index (χ0v) is 9.87. The number of carbonyl (C=O) groups is 1. The number of nitrogens with one attached hydrogen (secondary N) is 1. The molecule has 0 aromatic heterocycles. The highest BCUT2D eigenvalue weighted by Gasteiger charge is 2.42. The smallest absolute Gasteiger partial charge is 0.317 e. The van der Waals surface area contributed by atoms with Crippen molar-refractivity contribution in [2.24, 2.45) is 5.92 Å². The van der Waals surface area contributed by atoms with Crippen LogP contribution in [0.25, 0.3) is 0 Å². The number of methoxy groups -OCH3 is 1. The predicted octanol–water partition coefficient (Wildman–Crippen LogP) is -1.61. The fourth-order valence-corrected chi connectivity index (χ4v) is 1.92. The Balaban J connectivity index is 2.68. The summed E-state index contributed by atoms with van der Waals surface area (Å²) in [5.74, 6) is -1.33. The SMILES string of the molecule is CO[C@@H]1OC(CO)[C@@H](C)C(O)[C@@H]1NCC(=O)O. The number of aliphatic hydroxyl groups is 2. The third-order valence-corrected chi connectivity index (χ3v) is 3.00. The van der Waals surface area contributed by atoms with Crippen LogP contribution < -0.4 is 5.32 Å². The molecule has 7 heteroatoms. The maximum atomic E-state index is 10.5. The average Bonchev–Trinajstić information content (AvgIpc) is 2.30. The third kappa shape index (κ3) is 3.36. The van der Waals surface area contributed by atoms with Gasteiger partial charge in [0.15, 0.2) is 6.29 Å². The van der Waals surface area contributed by atoms with E-state index in [1.165, 1.54) is 7.11 Å². The number of hydrogen-bond donors (Lipinski definition) is 4. The van der Waals surface area contributed by atoms with Crippen LogP contribution in [0.15, 0.2) is 0 Å². The van der Waals surface area contributed by atoms with Crippen molar-refractivity contribution in [3.05, 3.63) is 0 Å². The Morgan fingerprint density at radius 2 is 2.18 bits per heavy atom. The molecule has 1 heterocycles. The van der Waals surface area contributed by atoms with Gasteiger partial charge in [-0.15, -0.1) is 0 Å². The molecule has 1 rings (SSSR count). The molecule has 2 unspecified atom stereocenters. The summed E-state index contributed by atoms with van der Waals surface area (Å²) < 4.78 is 10.5. The highest BCUT2D eigenvalue weighted by atomic mass is 16.7. The van der Waals surface area contributed by atoms with Crippen LogP contribution in [0.5, 0.6) is 0 Å². The molecular weight excluding hydrogens is 230 g/mol. The number of rotatable bonds is 5. The van der Waals surface area contributed by atoms with Crippen molar-refractivity contribution in [3.63, 3.8) is 0 Å². The van der Waals surface area contributed by atoms with Gasteiger partial charge in [-0.25, -0.2) is 0 Å². The van der Waals surface area contributed by atoms with Crippen molar-refractivity contribution in [1.29, 1.82) is 0 Å².